The van der Waals surface area contributed by atoms with Gasteiger partial charge in [0.2, 0.25) is 11.8 Å². The van der Waals surface area contributed by atoms with Gasteiger partial charge >= 0.3 is 11.9 Å². The van der Waals surface area contributed by atoms with Crippen LogP contribution in [0.25, 0.3) is 0 Å². The second-order valence-electron chi connectivity index (χ2n) is 6.15. The molecule has 1 aromatic rings. The Labute approximate surface area is 179 Å². The number of esters is 2. The standard InChI is InChI=1S/C20H25N3O6S/c1-4-21-18(26)15-11-16(24)23(12-17(25)28-5-2)20(30-15)22-14-9-7-13(8-10-14)19(27)29-6-3/h7-10,15H,4-6,11-12H2,1-3H3,(H,21,26). The maximum absolute atomic E-state index is 12.7. The predicted octanol–water partition coefficient (Wildman–Crippen LogP) is 1.88. The molecule has 1 unspecified atom stereocenters. The van der Waals surface area contributed by atoms with Crippen molar-refractivity contribution >= 4 is 46.4 Å². The molecule has 10 heteroatoms. The molecule has 0 aliphatic carbocycles. The van der Waals surface area contributed by atoms with E-state index in [4.69, 9.17) is 9.47 Å². The molecule has 1 N–H and O–H groups in total. The smallest absolute Gasteiger partial charge is 0.338 e. The van der Waals surface area contributed by atoms with Gasteiger partial charge in [-0.15, -0.1) is 0 Å². The number of nitrogens with one attached hydrogen (secondary N) is 1. The van der Waals surface area contributed by atoms with E-state index in [9.17, 15) is 19.2 Å². The predicted molar refractivity (Wildman–Crippen MR) is 113 cm³/mol. The topological polar surface area (TPSA) is 114 Å². The van der Waals surface area contributed by atoms with Gasteiger partial charge < -0.3 is 14.8 Å². The first-order valence-electron chi connectivity index (χ1n) is 9.65. The minimum atomic E-state index is -0.645. The highest BCUT2D eigenvalue weighted by Crippen LogP contribution is 2.29. The zero-order valence-electron chi connectivity index (χ0n) is 17.2. The third-order valence-electron chi connectivity index (χ3n) is 3.98. The van der Waals surface area contributed by atoms with E-state index in [0.29, 0.717) is 17.8 Å². The third kappa shape index (κ3) is 6.31. The van der Waals surface area contributed by atoms with Gasteiger partial charge in [0.25, 0.3) is 0 Å². The first kappa shape index (κ1) is 23.4. The number of amidine groups is 1. The molecule has 0 aromatic heterocycles. The fraction of sp³-hybridized carbons (Fsp3) is 0.450. The lowest BCUT2D eigenvalue weighted by Crippen LogP contribution is -2.48. The zero-order chi connectivity index (χ0) is 22.1. The average Bonchev–Trinajstić information content (AvgIpc) is 2.71. The molecule has 0 saturated carbocycles. The van der Waals surface area contributed by atoms with E-state index >= 15 is 0 Å². The molecule has 2 amide bonds. The number of carbonyl (C=O) groups is 4. The summed E-state index contributed by atoms with van der Waals surface area (Å²) in [6, 6.07) is 6.32. The maximum Gasteiger partial charge on any atom is 0.338 e. The summed E-state index contributed by atoms with van der Waals surface area (Å²) in [5, 5.41) is 2.28. The van der Waals surface area contributed by atoms with E-state index in [2.05, 4.69) is 10.3 Å². The quantitative estimate of drug-likeness (QED) is 0.620. The molecule has 9 nitrogen and oxygen atoms in total. The van der Waals surface area contributed by atoms with Gasteiger partial charge in [0.05, 0.1) is 29.7 Å². The first-order valence-corrected chi connectivity index (χ1v) is 10.5. The van der Waals surface area contributed by atoms with Gasteiger partial charge in [-0.1, -0.05) is 11.8 Å². The van der Waals surface area contributed by atoms with Crippen molar-refractivity contribution in [3.8, 4) is 0 Å². The van der Waals surface area contributed by atoms with E-state index in [1.54, 1.807) is 45.0 Å². The molecule has 0 bridgehead atoms. The van der Waals surface area contributed by atoms with Gasteiger partial charge in [-0.05, 0) is 45.0 Å². The summed E-state index contributed by atoms with van der Waals surface area (Å²) in [6.45, 7) is 5.80. The fourth-order valence-electron chi connectivity index (χ4n) is 2.62. The minimum Gasteiger partial charge on any atom is -0.465 e. The van der Waals surface area contributed by atoms with Crippen molar-refractivity contribution in [2.24, 2.45) is 4.99 Å². The third-order valence-corrected chi connectivity index (χ3v) is 5.17. The van der Waals surface area contributed by atoms with Crippen LogP contribution in [0.1, 0.15) is 37.6 Å². The van der Waals surface area contributed by atoms with Crippen LogP contribution < -0.4 is 5.32 Å². The molecular weight excluding hydrogens is 410 g/mol. The Balaban J connectivity index is 2.29. The number of rotatable bonds is 8. The Morgan fingerprint density at radius 3 is 2.40 bits per heavy atom. The summed E-state index contributed by atoms with van der Waals surface area (Å²) in [4.78, 5) is 54.3. The molecule has 30 heavy (non-hydrogen) atoms. The molecule has 1 heterocycles. The molecule has 1 saturated heterocycles. The largest absolute Gasteiger partial charge is 0.465 e. The van der Waals surface area contributed by atoms with Gasteiger partial charge in [0.15, 0.2) is 5.17 Å². The van der Waals surface area contributed by atoms with Crippen LogP contribution in [0.2, 0.25) is 0 Å². The summed E-state index contributed by atoms with van der Waals surface area (Å²) >= 11 is 1.11. The second-order valence-corrected chi connectivity index (χ2v) is 7.32. The number of ether oxygens (including phenoxy) is 2. The highest BCUT2D eigenvalue weighted by atomic mass is 32.2. The van der Waals surface area contributed by atoms with E-state index in [1.807, 2.05) is 0 Å². The SMILES string of the molecule is CCNC(=O)C1CC(=O)N(CC(=O)OCC)C(=Nc2ccc(C(=O)OCC)cc2)S1. The maximum atomic E-state index is 12.7. The van der Waals surface area contributed by atoms with Gasteiger partial charge in [-0.3, -0.25) is 19.3 Å². The van der Waals surface area contributed by atoms with Crippen LogP contribution >= 0.6 is 11.8 Å². The van der Waals surface area contributed by atoms with Crippen LogP contribution in [0, 0.1) is 0 Å². The van der Waals surface area contributed by atoms with Crippen molar-refractivity contribution in [3.05, 3.63) is 29.8 Å². The van der Waals surface area contributed by atoms with Gasteiger partial charge in [0.1, 0.15) is 6.54 Å². The van der Waals surface area contributed by atoms with E-state index < -0.39 is 17.2 Å². The fourth-order valence-corrected chi connectivity index (χ4v) is 3.74. The van der Waals surface area contributed by atoms with E-state index in [1.165, 1.54) is 4.90 Å². The van der Waals surface area contributed by atoms with Crippen LogP contribution in [0.15, 0.2) is 29.3 Å². The molecule has 0 radical (unpaired) electrons. The molecule has 1 aliphatic rings. The molecule has 1 atom stereocenters. The summed E-state index contributed by atoms with van der Waals surface area (Å²) < 4.78 is 9.89. The van der Waals surface area contributed by atoms with E-state index in [-0.39, 0.29) is 43.2 Å². The van der Waals surface area contributed by atoms with Crippen LogP contribution in [0.4, 0.5) is 5.69 Å². The van der Waals surface area contributed by atoms with Gasteiger partial charge in [-0.2, -0.15) is 0 Å². The first-order chi connectivity index (χ1) is 14.4. The molecule has 0 spiro atoms. The number of aliphatic imine (C=N–C) groups is 1. The average molecular weight is 436 g/mol. The monoisotopic (exact) mass is 435 g/mol. The normalized spacial score (nSPS) is 17.6. The molecule has 1 aliphatic heterocycles. The van der Waals surface area contributed by atoms with Gasteiger partial charge in [0, 0.05) is 13.0 Å². The van der Waals surface area contributed by atoms with Crippen molar-refractivity contribution in [2.75, 3.05) is 26.3 Å². The number of carbonyl (C=O) groups excluding carboxylic acids is 4. The summed E-state index contributed by atoms with van der Waals surface area (Å²) in [5.41, 5.74) is 0.834. The Morgan fingerprint density at radius 1 is 1.13 bits per heavy atom. The van der Waals surface area contributed by atoms with Crippen molar-refractivity contribution in [2.45, 2.75) is 32.4 Å². The van der Waals surface area contributed by atoms with E-state index in [0.717, 1.165) is 11.8 Å². The van der Waals surface area contributed by atoms with Crippen LogP contribution in [-0.4, -0.2) is 65.4 Å². The van der Waals surface area contributed by atoms with Gasteiger partial charge in [-0.25, -0.2) is 9.79 Å². The summed E-state index contributed by atoms with van der Waals surface area (Å²) in [5.74, 6) is -1.66. The van der Waals surface area contributed by atoms with Crippen molar-refractivity contribution < 1.29 is 28.7 Å². The van der Waals surface area contributed by atoms with Crippen LogP contribution in [-0.2, 0) is 23.9 Å². The summed E-state index contributed by atoms with van der Waals surface area (Å²) in [6.07, 6.45) is -0.0449. The second kappa shape index (κ2) is 11.3. The summed E-state index contributed by atoms with van der Waals surface area (Å²) in [7, 11) is 0. The Morgan fingerprint density at radius 2 is 1.80 bits per heavy atom. The number of thioether (sulfide) groups is 1. The number of amides is 2. The lowest BCUT2D eigenvalue weighted by Gasteiger charge is -2.31. The number of hydrogen-bond acceptors (Lipinski definition) is 8. The highest BCUT2D eigenvalue weighted by Gasteiger charge is 2.36. The van der Waals surface area contributed by atoms with Crippen LogP contribution in [0.5, 0.6) is 0 Å². The van der Waals surface area contributed by atoms with Crippen molar-refractivity contribution in [1.82, 2.24) is 10.2 Å². The molecule has 2 rings (SSSR count). The zero-order valence-corrected chi connectivity index (χ0v) is 18.0. The van der Waals surface area contributed by atoms with Crippen LogP contribution in [0.3, 0.4) is 0 Å². The number of nitrogens with zero attached hydrogens (tertiary/aromatic N) is 2. The highest BCUT2D eigenvalue weighted by molar-refractivity contribution is 8.15. The van der Waals surface area contributed by atoms with Crippen molar-refractivity contribution in [3.63, 3.8) is 0 Å². The van der Waals surface area contributed by atoms with Crippen molar-refractivity contribution in [1.29, 1.82) is 0 Å². The molecule has 1 aromatic carbocycles. The molecule has 1 fully saturated rings. The molecular formula is C20H25N3O6S. The minimum absolute atomic E-state index is 0.0449. The molecule has 162 valence electrons. The lowest BCUT2D eigenvalue weighted by atomic mass is 10.2. The number of hydrogen-bond donors (Lipinski definition) is 1. The number of benzene rings is 1. The lowest BCUT2D eigenvalue weighted by molar-refractivity contribution is -0.146. The Hall–Kier alpha value is -2.88. The Kier molecular flexibility index (Phi) is 8.85. The Bertz CT molecular complexity index is 824.